The molecule has 0 aliphatic rings. The maximum absolute atomic E-state index is 9.76. The molecule has 2 nitrogen and oxygen atoms in total. The van der Waals surface area contributed by atoms with Gasteiger partial charge in [-0.05, 0) is 59.1 Å². The first-order valence-electron chi connectivity index (χ1n) is 9.00. The molecule has 25 heavy (non-hydrogen) atoms. The van der Waals surface area contributed by atoms with Crippen molar-refractivity contribution < 1.29 is 10.2 Å². The Kier molecular flexibility index (Phi) is 5.22. The van der Waals surface area contributed by atoms with Crippen molar-refractivity contribution in [2.45, 2.75) is 59.8 Å². The third kappa shape index (κ3) is 5.01. The van der Waals surface area contributed by atoms with Crippen LogP contribution >= 0.6 is 0 Å². The third-order valence-electron chi connectivity index (χ3n) is 4.50. The summed E-state index contributed by atoms with van der Waals surface area (Å²) in [6.07, 6.45) is 1.96. The molecular weight excluding hydrogens is 308 g/mol. The van der Waals surface area contributed by atoms with E-state index in [0.29, 0.717) is 0 Å². The quantitative estimate of drug-likeness (QED) is 0.690. The summed E-state index contributed by atoms with van der Waals surface area (Å²) in [7, 11) is 0. The molecule has 0 aliphatic heterocycles. The zero-order chi connectivity index (χ0) is 18.9. The monoisotopic (exact) mass is 340 g/mol. The van der Waals surface area contributed by atoms with Crippen LogP contribution in [0.4, 0.5) is 0 Å². The maximum atomic E-state index is 9.76. The second-order valence-electron chi connectivity index (χ2n) is 9.65. The van der Waals surface area contributed by atoms with Gasteiger partial charge in [0.1, 0.15) is 11.5 Å². The highest BCUT2D eigenvalue weighted by Gasteiger charge is 2.40. The van der Waals surface area contributed by atoms with Crippen molar-refractivity contribution in [1.82, 2.24) is 0 Å². The predicted octanol–water partition coefficient (Wildman–Crippen LogP) is 6.26. The number of phenols is 2. The lowest BCUT2D eigenvalue weighted by Gasteiger charge is -2.44. The molecule has 0 heterocycles. The van der Waals surface area contributed by atoms with Gasteiger partial charge in [-0.15, -0.1) is 0 Å². The Morgan fingerprint density at radius 2 is 0.840 bits per heavy atom. The summed E-state index contributed by atoms with van der Waals surface area (Å²) < 4.78 is 0. The fraction of sp³-hybridized carbons (Fsp3) is 0.478. The Morgan fingerprint density at radius 3 is 1.08 bits per heavy atom. The van der Waals surface area contributed by atoms with Crippen LogP contribution in [-0.2, 0) is 5.41 Å². The molecular formula is C23H32O2. The molecule has 0 atom stereocenters. The molecule has 2 aromatic rings. The molecule has 0 spiro atoms. The fourth-order valence-corrected chi connectivity index (χ4v) is 4.01. The molecule has 0 aromatic heterocycles. The molecule has 0 radical (unpaired) electrons. The van der Waals surface area contributed by atoms with Crippen LogP contribution in [0.1, 0.15) is 65.5 Å². The van der Waals surface area contributed by atoms with Crippen molar-refractivity contribution in [3.8, 4) is 11.5 Å². The summed E-state index contributed by atoms with van der Waals surface area (Å²) in [5, 5.41) is 19.5. The number of hydrogen-bond donors (Lipinski definition) is 2. The molecule has 0 fully saturated rings. The maximum Gasteiger partial charge on any atom is 0.115 e. The van der Waals surface area contributed by atoms with Gasteiger partial charge < -0.3 is 10.2 Å². The molecule has 136 valence electrons. The Labute approximate surface area is 152 Å². The lowest BCUT2D eigenvalue weighted by molar-refractivity contribution is 0.211. The van der Waals surface area contributed by atoms with Crippen molar-refractivity contribution in [2.24, 2.45) is 10.8 Å². The van der Waals surface area contributed by atoms with Crippen LogP contribution in [0.25, 0.3) is 0 Å². The molecule has 0 amide bonds. The summed E-state index contributed by atoms with van der Waals surface area (Å²) in [6, 6.07) is 15.3. The highest BCUT2D eigenvalue weighted by Crippen LogP contribution is 2.49. The van der Waals surface area contributed by atoms with Gasteiger partial charge in [-0.1, -0.05) is 65.8 Å². The van der Waals surface area contributed by atoms with Gasteiger partial charge in [0.05, 0.1) is 0 Å². The molecule has 0 saturated heterocycles. The summed E-state index contributed by atoms with van der Waals surface area (Å²) in [6.45, 7) is 13.6. The van der Waals surface area contributed by atoms with E-state index >= 15 is 0 Å². The Bertz CT molecular complexity index is 619. The van der Waals surface area contributed by atoms with E-state index in [0.717, 1.165) is 12.8 Å². The minimum absolute atomic E-state index is 0.126. The first kappa shape index (κ1) is 19.4. The van der Waals surface area contributed by atoms with E-state index in [1.54, 1.807) is 24.3 Å². The minimum Gasteiger partial charge on any atom is -0.508 e. The number of rotatable bonds is 4. The van der Waals surface area contributed by atoms with Crippen molar-refractivity contribution in [1.29, 1.82) is 0 Å². The van der Waals surface area contributed by atoms with E-state index in [4.69, 9.17) is 0 Å². The van der Waals surface area contributed by atoms with E-state index in [9.17, 15) is 10.2 Å². The van der Waals surface area contributed by atoms with Crippen LogP contribution < -0.4 is 0 Å². The Balaban J connectivity index is 2.71. The standard InChI is InChI=1S/C23H32O2/c1-21(2,3)15-23(16-22(4,5)6,17-7-11-19(24)12-8-17)18-9-13-20(25)14-10-18/h7-14,24-25H,15-16H2,1-6H3. The van der Waals surface area contributed by atoms with Crippen molar-refractivity contribution >= 4 is 0 Å². The highest BCUT2D eigenvalue weighted by molar-refractivity contribution is 5.43. The largest absolute Gasteiger partial charge is 0.508 e. The van der Waals surface area contributed by atoms with Crippen molar-refractivity contribution in [2.75, 3.05) is 0 Å². The topological polar surface area (TPSA) is 40.5 Å². The van der Waals surface area contributed by atoms with E-state index in [1.807, 2.05) is 24.3 Å². The van der Waals surface area contributed by atoms with Gasteiger partial charge in [-0.3, -0.25) is 0 Å². The summed E-state index contributed by atoms with van der Waals surface area (Å²) in [5.74, 6) is 0.574. The average Bonchev–Trinajstić information content (AvgIpc) is 2.44. The number of hydrogen-bond acceptors (Lipinski definition) is 2. The Hall–Kier alpha value is -1.96. The van der Waals surface area contributed by atoms with Gasteiger partial charge in [0.2, 0.25) is 0 Å². The lowest BCUT2D eigenvalue weighted by Crippen LogP contribution is -2.36. The van der Waals surface area contributed by atoms with Gasteiger partial charge in [0.25, 0.3) is 0 Å². The van der Waals surface area contributed by atoms with Gasteiger partial charge in [0, 0.05) is 5.41 Å². The first-order valence-corrected chi connectivity index (χ1v) is 9.00. The second kappa shape index (κ2) is 6.74. The molecule has 2 heteroatoms. The highest BCUT2D eigenvalue weighted by atomic mass is 16.3. The molecule has 0 unspecified atom stereocenters. The number of benzene rings is 2. The second-order valence-corrected chi connectivity index (χ2v) is 9.65. The molecule has 2 aromatic carbocycles. The zero-order valence-electron chi connectivity index (χ0n) is 16.4. The van der Waals surface area contributed by atoms with Crippen LogP contribution in [0.3, 0.4) is 0 Å². The van der Waals surface area contributed by atoms with E-state index in [1.165, 1.54) is 11.1 Å². The summed E-state index contributed by atoms with van der Waals surface area (Å²) in [4.78, 5) is 0. The van der Waals surface area contributed by atoms with Crippen molar-refractivity contribution in [3.63, 3.8) is 0 Å². The smallest absolute Gasteiger partial charge is 0.115 e. The first-order chi connectivity index (χ1) is 11.4. The molecule has 0 bridgehead atoms. The van der Waals surface area contributed by atoms with Gasteiger partial charge in [-0.25, -0.2) is 0 Å². The molecule has 2 rings (SSSR count). The minimum atomic E-state index is -0.183. The predicted molar refractivity (Wildman–Crippen MR) is 105 cm³/mol. The van der Waals surface area contributed by atoms with Crippen molar-refractivity contribution in [3.05, 3.63) is 59.7 Å². The van der Waals surface area contributed by atoms with Crippen LogP contribution in [0, 0.1) is 10.8 Å². The fourth-order valence-electron chi connectivity index (χ4n) is 4.01. The normalized spacial score (nSPS) is 13.0. The Morgan fingerprint density at radius 1 is 0.560 bits per heavy atom. The zero-order valence-corrected chi connectivity index (χ0v) is 16.4. The van der Waals surface area contributed by atoms with Gasteiger partial charge in [-0.2, -0.15) is 0 Å². The summed E-state index contributed by atoms with van der Waals surface area (Å²) in [5.41, 5.74) is 2.49. The number of phenolic OH excluding ortho intramolecular Hbond substituents is 2. The average molecular weight is 341 g/mol. The molecule has 0 saturated carbocycles. The van der Waals surface area contributed by atoms with E-state index in [-0.39, 0.29) is 27.7 Å². The molecule has 0 aliphatic carbocycles. The lowest BCUT2D eigenvalue weighted by atomic mass is 9.60. The van der Waals surface area contributed by atoms with Crippen LogP contribution in [0.2, 0.25) is 0 Å². The van der Waals surface area contributed by atoms with Gasteiger partial charge >= 0.3 is 0 Å². The summed E-state index contributed by atoms with van der Waals surface area (Å²) >= 11 is 0. The van der Waals surface area contributed by atoms with Crippen LogP contribution in [-0.4, -0.2) is 10.2 Å². The number of aromatic hydroxyl groups is 2. The van der Waals surface area contributed by atoms with Gasteiger partial charge in [0.15, 0.2) is 0 Å². The van der Waals surface area contributed by atoms with E-state index < -0.39 is 0 Å². The SMILES string of the molecule is CC(C)(C)CC(CC(C)(C)C)(c1ccc(O)cc1)c1ccc(O)cc1. The third-order valence-corrected chi connectivity index (χ3v) is 4.50. The van der Waals surface area contributed by atoms with Crippen LogP contribution in [0.15, 0.2) is 48.5 Å². The van der Waals surface area contributed by atoms with E-state index in [2.05, 4.69) is 41.5 Å². The van der Waals surface area contributed by atoms with Crippen LogP contribution in [0.5, 0.6) is 11.5 Å². The molecule has 2 N–H and O–H groups in total.